The van der Waals surface area contributed by atoms with E-state index in [4.69, 9.17) is 14.0 Å². The van der Waals surface area contributed by atoms with E-state index >= 15 is 0 Å². The molecule has 118 valence electrons. The number of para-hydroxylation sites is 1. The van der Waals surface area contributed by atoms with Gasteiger partial charge in [-0.15, -0.1) is 0 Å². The maximum atomic E-state index is 13.5. The van der Waals surface area contributed by atoms with Crippen LogP contribution >= 0.6 is 0 Å². The van der Waals surface area contributed by atoms with E-state index in [1.165, 1.54) is 6.07 Å². The van der Waals surface area contributed by atoms with Crippen molar-refractivity contribution in [2.24, 2.45) is 0 Å². The van der Waals surface area contributed by atoms with Crippen molar-refractivity contribution < 1.29 is 22.8 Å². The number of hydrogen-bond acceptors (Lipinski definition) is 5. The van der Waals surface area contributed by atoms with Crippen LogP contribution in [0.4, 0.5) is 8.78 Å². The Morgan fingerprint density at radius 1 is 1.04 bits per heavy atom. The molecule has 5 nitrogen and oxygen atoms in total. The van der Waals surface area contributed by atoms with E-state index in [1.54, 1.807) is 31.4 Å². The zero-order chi connectivity index (χ0) is 16.2. The third-order valence-electron chi connectivity index (χ3n) is 3.08. The van der Waals surface area contributed by atoms with Crippen molar-refractivity contribution in [3.63, 3.8) is 0 Å². The minimum absolute atomic E-state index is 0.110. The van der Waals surface area contributed by atoms with Crippen LogP contribution in [0.5, 0.6) is 11.5 Å². The first-order chi connectivity index (χ1) is 11.2. The number of methoxy groups -OCH3 is 1. The summed E-state index contributed by atoms with van der Waals surface area (Å²) in [4.78, 5) is 4.12. The average Bonchev–Trinajstić information content (AvgIpc) is 3.03. The first-order valence-electron chi connectivity index (χ1n) is 6.71. The minimum atomic E-state index is -0.792. The number of halogens is 2. The molecule has 3 aromatic rings. The van der Waals surface area contributed by atoms with E-state index in [0.29, 0.717) is 11.6 Å². The Balaban J connectivity index is 1.72. The fourth-order valence-electron chi connectivity index (χ4n) is 1.93. The van der Waals surface area contributed by atoms with Gasteiger partial charge in [0.25, 0.3) is 5.89 Å². The van der Waals surface area contributed by atoms with Crippen molar-refractivity contribution >= 4 is 0 Å². The molecule has 7 heteroatoms. The highest BCUT2D eigenvalue weighted by molar-refractivity contribution is 5.55. The highest BCUT2D eigenvalue weighted by Crippen LogP contribution is 2.23. The standard InChI is InChI=1S/C16H12F2N2O3/c1-21-11-7-5-10(6-8-11)16-19-14(23-20-16)9-22-15-12(17)3-2-4-13(15)18/h2-8H,9H2,1H3. The van der Waals surface area contributed by atoms with E-state index in [-0.39, 0.29) is 12.5 Å². The minimum Gasteiger partial charge on any atom is -0.497 e. The molecule has 0 bridgehead atoms. The predicted octanol–water partition coefficient (Wildman–Crippen LogP) is 3.60. The second-order valence-electron chi connectivity index (χ2n) is 4.58. The van der Waals surface area contributed by atoms with Crippen molar-refractivity contribution in [1.29, 1.82) is 0 Å². The van der Waals surface area contributed by atoms with Gasteiger partial charge in [-0.3, -0.25) is 0 Å². The Labute approximate surface area is 130 Å². The lowest BCUT2D eigenvalue weighted by atomic mass is 10.2. The van der Waals surface area contributed by atoms with Gasteiger partial charge in [0.2, 0.25) is 5.82 Å². The molecule has 0 N–H and O–H groups in total. The summed E-state index contributed by atoms with van der Waals surface area (Å²) in [6.07, 6.45) is 0. The van der Waals surface area contributed by atoms with Gasteiger partial charge in [0.15, 0.2) is 24.0 Å². The quantitative estimate of drug-likeness (QED) is 0.719. The van der Waals surface area contributed by atoms with Crippen molar-refractivity contribution in [3.05, 3.63) is 60.0 Å². The maximum Gasteiger partial charge on any atom is 0.264 e. The number of rotatable bonds is 5. The second kappa shape index (κ2) is 6.43. The molecule has 2 aromatic carbocycles. The SMILES string of the molecule is COc1ccc(-c2noc(COc3c(F)cccc3F)n2)cc1. The summed E-state index contributed by atoms with van der Waals surface area (Å²) in [5.41, 5.74) is 0.720. The lowest BCUT2D eigenvalue weighted by Gasteiger charge is -2.04. The summed E-state index contributed by atoms with van der Waals surface area (Å²) < 4.78 is 42.1. The zero-order valence-corrected chi connectivity index (χ0v) is 12.1. The lowest BCUT2D eigenvalue weighted by molar-refractivity contribution is 0.225. The lowest BCUT2D eigenvalue weighted by Crippen LogP contribution is -2.00. The smallest absolute Gasteiger partial charge is 0.264 e. The Morgan fingerprint density at radius 3 is 2.39 bits per heavy atom. The number of nitrogens with zero attached hydrogens (tertiary/aromatic N) is 2. The van der Waals surface area contributed by atoms with Gasteiger partial charge in [0.05, 0.1) is 7.11 Å². The molecule has 0 amide bonds. The average molecular weight is 318 g/mol. The molecule has 23 heavy (non-hydrogen) atoms. The van der Waals surface area contributed by atoms with Crippen LogP contribution in [-0.4, -0.2) is 17.3 Å². The summed E-state index contributed by atoms with van der Waals surface area (Å²) in [5.74, 6) is -0.897. The van der Waals surface area contributed by atoms with Crippen LogP contribution in [0.1, 0.15) is 5.89 Å². The van der Waals surface area contributed by atoms with E-state index in [1.807, 2.05) is 0 Å². The topological polar surface area (TPSA) is 57.4 Å². The van der Waals surface area contributed by atoms with Gasteiger partial charge < -0.3 is 14.0 Å². The van der Waals surface area contributed by atoms with Crippen LogP contribution in [0.25, 0.3) is 11.4 Å². The van der Waals surface area contributed by atoms with Crippen LogP contribution < -0.4 is 9.47 Å². The number of hydrogen-bond donors (Lipinski definition) is 0. The number of ether oxygens (including phenoxy) is 2. The van der Waals surface area contributed by atoms with E-state index < -0.39 is 17.4 Å². The highest BCUT2D eigenvalue weighted by atomic mass is 19.1. The van der Waals surface area contributed by atoms with E-state index in [0.717, 1.165) is 17.7 Å². The fraction of sp³-hybridized carbons (Fsp3) is 0.125. The Kier molecular flexibility index (Phi) is 4.18. The summed E-state index contributed by atoms with van der Waals surface area (Å²) in [5, 5.41) is 3.80. The van der Waals surface area contributed by atoms with Gasteiger partial charge in [0.1, 0.15) is 5.75 Å². The molecule has 0 radical (unpaired) electrons. The Hall–Kier alpha value is -2.96. The van der Waals surface area contributed by atoms with Gasteiger partial charge in [-0.25, -0.2) is 8.78 Å². The molecule has 0 saturated carbocycles. The van der Waals surface area contributed by atoms with Crippen molar-refractivity contribution in [2.45, 2.75) is 6.61 Å². The third kappa shape index (κ3) is 3.28. The highest BCUT2D eigenvalue weighted by Gasteiger charge is 2.13. The normalized spacial score (nSPS) is 10.6. The van der Waals surface area contributed by atoms with Crippen LogP contribution in [0.15, 0.2) is 47.0 Å². The number of aromatic nitrogens is 2. The molecule has 0 fully saturated rings. The molecule has 3 rings (SSSR count). The third-order valence-corrected chi connectivity index (χ3v) is 3.08. The van der Waals surface area contributed by atoms with Crippen LogP contribution in [0.2, 0.25) is 0 Å². The fourth-order valence-corrected chi connectivity index (χ4v) is 1.93. The molecule has 0 saturated heterocycles. The molecule has 0 unspecified atom stereocenters. The van der Waals surface area contributed by atoms with Crippen molar-refractivity contribution in [1.82, 2.24) is 10.1 Å². The molecule has 1 heterocycles. The molecule has 0 atom stereocenters. The van der Waals surface area contributed by atoms with Crippen molar-refractivity contribution in [3.8, 4) is 22.9 Å². The van der Waals surface area contributed by atoms with Crippen LogP contribution in [0.3, 0.4) is 0 Å². The summed E-state index contributed by atoms with van der Waals surface area (Å²) in [6.45, 7) is -0.235. The first-order valence-corrected chi connectivity index (χ1v) is 6.71. The van der Waals surface area contributed by atoms with E-state index in [9.17, 15) is 8.78 Å². The van der Waals surface area contributed by atoms with Crippen LogP contribution in [-0.2, 0) is 6.61 Å². The molecule has 1 aromatic heterocycles. The van der Waals surface area contributed by atoms with Gasteiger partial charge in [-0.1, -0.05) is 11.2 Å². The van der Waals surface area contributed by atoms with Gasteiger partial charge >= 0.3 is 0 Å². The number of benzene rings is 2. The van der Waals surface area contributed by atoms with Gasteiger partial charge in [-0.2, -0.15) is 4.98 Å². The monoisotopic (exact) mass is 318 g/mol. The van der Waals surface area contributed by atoms with Gasteiger partial charge in [0, 0.05) is 5.56 Å². The molecule has 0 aliphatic rings. The zero-order valence-electron chi connectivity index (χ0n) is 12.1. The Morgan fingerprint density at radius 2 is 1.74 bits per heavy atom. The second-order valence-corrected chi connectivity index (χ2v) is 4.58. The molecule has 0 aliphatic carbocycles. The van der Waals surface area contributed by atoms with Gasteiger partial charge in [-0.05, 0) is 36.4 Å². The largest absolute Gasteiger partial charge is 0.497 e. The predicted molar refractivity (Wildman–Crippen MR) is 77.0 cm³/mol. The Bertz CT molecular complexity index is 783. The van der Waals surface area contributed by atoms with Crippen molar-refractivity contribution in [2.75, 3.05) is 7.11 Å². The summed E-state index contributed by atoms with van der Waals surface area (Å²) in [7, 11) is 1.57. The van der Waals surface area contributed by atoms with Crippen LogP contribution in [0, 0.1) is 11.6 Å². The van der Waals surface area contributed by atoms with E-state index in [2.05, 4.69) is 10.1 Å². The maximum absolute atomic E-state index is 13.5. The summed E-state index contributed by atoms with van der Waals surface area (Å²) in [6, 6.07) is 10.5. The summed E-state index contributed by atoms with van der Waals surface area (Å²) >= 11 is 0. The first kappa shape index (κ1) is 15.0. The molecular weight excluding hydrogens is 306 g/mol. The molecular formula is C16H12F2N2O3. The molecule has 0 aliphatic heterocycles. The molecule has 0 spiro atoms.